The molecule has 0 saturated carbocycles. The predicted molar refractivity (Wildman–Crippen MR) is 85.4 cm³/mol. The zero-order chi connectivity index (χ0) is 14.8. The Kier molecular flexibility index (Phi) is 8.07. The van der Waals surface area contributed by atoms with Gasteiger partial charge < -0.3 is 15.4 Å². The summed E-state index contributed by atoms with van der Waals surface area (Å²) in [7, 11) is 1.77. The first-order valence-corrected chi connectivity index (χ1v) is 7.30. The summed E-state index contributed by atoms with van der Waals surface area (Å²) in [6.45, 7) is 6.41. The van der Waals surface area contributed by atoms with Crippen molar-refractivity contribution in [3.8, 4) is 0 Å². The number of ether oxygens (including phenoxy) is 1. The van der Waals surface area contributed by atoms with E-state index in [0.717, 1.165) is 37.1 Å². The van der Waals surface area contributed by atoms with E-state index in [2.05, 4.69) is 15.6 Å². The van der Waals surface area contributed by atoms with E-state index in [-0.39, 0.29) is 6.10 Å². The van der Waals surface area contributed by atoms with Crippen molar-refractivity contribution in [3.05, 3.63) is 34.9 Å². The Morgan fingerprint density at radius 2 is 1.95 bits per heavy atom. The topological polar surface area (TPSA) is 45.7 Å². The number of halogens is 1. The molecule has 0 amide bonds. The maximum Gasteiger partial charge on any atom is 0.191 e. The lowest BCUT2D eigenvalue weighted by molar-refractivity contribution is 0.0776. The fraction of sp³-hybridized carbons (Fsp3) is 0.533. The molecule has 0 aromatic heterocycles. The largest absolute Gasteiger partial charge is 0.379 e. The number of hydrogen-bond donors (Lipinski definition) is 2. The Hall–Kier alpha value is -1.26. The number of guanidine groups is 1. The second-order valence-corrected chi connectivity index (χ2v) is 5.19. The van der Waals surface area contributed by atoms with Gasteiger partial charge >= 0.3 is 0 Å². The van der Waals surface area contributed by atoms with Gasteiger partial charge in [-0.25, -0.2) is 0 Å². The molecule has 0 aliphatic heterocycles. The Morgan fingerprint density at radius 1 is 1.25 bits per heavy atom. The molecule has 0 spiro atoms. The molecular formula is C15H24ClN3O. The molecular weight excluding hydrogens is 274 g/mol. The molecule has 0 heterocycles. The second-order valence-electron chi connectivity index (χ2n) is 4.75. The molecule has 0 fully saturated rings. The van der Waals surface area contributed by atoms with Crippen LogP contribution in [0.5, 0.6) is 0 Å². The van der Waals surface area contributed by atoms with Gasteiger partial charge in [0.2, 0.25) is 0 Å². The van der Waals surface area contributed by atoms with E-state index < -0.39 is 0 Å². The molecule has 0 atom stereocenters. The van der Waals surface area contributed by atoms with Crippen molar-refractivity contribution in [3.63, 3.8) is 0 Å². The number of benzene rings is 1. The third kappa shape index (κ3) is 7.36. The summed E-state index contributed by atoms with van der Waals surface area (Å²) in [6.07, 6.45) is 1.25. The molecule has 0 saturated heterocycles. The molecule has 0 aliphatic rings. The van der Waals surface area contributed by atoms with Crippen LogP contribution in [-0.4, -0.2) is 32.3 Å². The summed E-state index contributed by atoms with van der Waals surface area (Å²) in [4.78, 5) is 4.18. The van der Waals surface area contributed by atoms with Gasteiger partial charge in [-0.05, 0) is 38.0 Å². The first-order chi connectivity index (χ1) is 9.61. The van der Waals surface area contributed by atoms with E-state index in [1.165, 1.54) is 5.56 Å². The lowest BCUT2D eigenvalue weighted by Gasteiger charge is -2.12. The minimum absolute atomic E-state index is 0.289. The van der Waals surface area contributed by atoms with Gasteiger partial charge in [0, 0.05) is 31.8 Å². The van der Waals surface area contributed by atoms with Crippen LogP contribution in [0.2, 0.25) is 5.02 Å². The maximum absolute atomic E-state index is 5.85. The zero-order valence-corrected chi connectivity index (χ0v) is 13.2. The van der Waals surface area contributed by atoms with Crippen LogP contribution in [0.4, 0.5) is 0 Å². The lowest BCUT2D eigenvalue weighted by Crippen LogP contribution is -2.37. The van der Waals surface area contributed by atoms with Gasteiger partial charge in [0.25, 0.3) is 0 Å². The zero-order valence-electron chi connectivity index (χ0n) is 12.4. The number of nitrogens with one attached hydrogen (secondary N) is 2. The molecule has 4 nitrogen and oxygen atoms in total. The number of aliphatic imine (C=N–C) groups is 1. The van der Waals surface area contributed by atoms with Crippen molar-refractivity contribution in [1.29, 1.82) is 0 Å². The van der Waals surface area contributed by atoms with E-state index in [4.69, 9.17) is 16.3 Å². The Labute approximate surface area is 126 Å². The van der Waals surface area contributed by atoms with E-state index in [0.29, 0.717) is 0 Å². The number of rotatable bonds is 7. The van der Waals surface area contributed by atoms with Crippen molar-refractivity contribution in [2.75, 3.05) is 20.2 Å². The Morgan fingerprint density at radius 3 is 2.55 bits per heavy atom. The Balaban J connectivity index is 2.21. The fourth-order valence-corrected chi connectivity index (χ4v) is 1.73. The molecule has 20 heavy (non-hydrogen) atoms. The third-order valence-corrected chi connectivity index (χ3v) is 2.91. The number of hydrogen-bond acceptors (Lipinski definition) is 2. The molecule has 5 heteroatoms. The molecule has 1 aromatic carbocycles. The van der Waals surface area contributed by atoms with E-state index in [1.54, 1.807) is 7.05 Å². The van der Waals surface area contributed by atoms with Crippen molar-refractivity contribution < 1.29 is 4.74 Å². The molecule has 0 aliphatic carbocycles. The van der Waals surface area contributed by atoms with Crippen molar-refractivity contribution >= 4 is 17.6 Å². The van der Waals surface area contributed by atoms with Crippen molar-refractivity contribution in [2.24, 2.45) is 4.99 Å². The summed E-state index contributed by atoms with van der Waals surface area (Å²) >= 11 is 5.85. The van der Waals surface area contributed by atoms with E-state index >= 15 is 0 Å². The lowest BCUT2D eigenvalue weighted by atomic mass is 10.2. The van der Waals surface area contributed by atoms with Crippen LogP contribution in [0.25, 0.3) is 0 Å². The van der Waals surface area contributed by atoms with E-state index in [9.17, 15) is 0 Å². The van der Waals surface area contributed by atoms with Crippen LogP contribution in [0.3, 0.4) is 0 Å². The van der Waals surface area contributed by atoms with Gasteiger partial charge in [-0.1, -0.05) is 23.7 Å². The van der Waals surface area contributed by atoms with Gasteiger partial charge in [0.1, 0.15) is 0 Å². The summed E-state index contributed by atoms with van der Waals surface area (Å²) in [6, 6.07) is 7.77. The van der Waals surface area contributed by atoms with Crippen LogP contribution in [0.1, 0.15) is 25.8 Å². The predicted octanol–water partition coefficient (Wildman–Crippen LogP) is 2.82. The van der Waals surface area contributed by atoms with Gasteiger partial charge in [-0.2, -0.15) is 0 Å². The second kappa shape index (κ2) is 9.61. The first kappa shape index (κ1) is 16.8. The van der Waals surface area contributed by atoms with E-state index in [1.807, 2.05) is 38.1 Å². The SMILES string of the molecule is CN=C(NCCCOC(C)C)NCc1ccc(Cl)cc1. The molecule has 0 radical (unpaired) electrons. The quantitative estimate of drug-likeness (QED) is 0.462. The summed E-state index contributed by atoms with van der Waals surface area (Å²) in [5.74, 6) is 0.796. The fourth-order valence-electron chi connectivity index (χ4n) is 1.61. The smallest absolute Gasteiger partial charge is 0.191 e. The standard InChI is InChI=1S/C15H24ClN3O/c1-12(2)20-10-4-9-18-15(17-3)19-11-13-5-7-14(16)8-6-13/h5-8,12H,4,9-11H2,1-3H3,(H2,17,18,19). The first-order valence-electron chi connectivity index (χ1n) is 6.92. The molecule has 0 unspecified atom stereocenters. The molecule has 2 N–H and O–H groups in total. The monoisotopic (exact) mass is 297 g/mol. The minimum atomic E-state index is 0.289. The highest BCUT2D eigenvalue weighted by Gasteiger charge is 1.99. The van der Waals surface area contributed by atoms with Crippen LogP contribution in [0, 0.1) is 0 Å². The average Bonchev–Trinajstić information content (AvgIpc) is 2.43. The summed E-state index contributed by atoms with van der Waals surface area (Å²) in [5, 5.41) is 7.27. The highest BCUT2D eigenvalue weighted by Crippen LogP contribution is 2.08. The maximum atomic E-state index is 5.85. The van der Waals surface area contributed by atoms with Crippen LogP contribution in [0.15, 0.2) is 29.3 Å². The summed E-state index contributed by atoms with van der Waals surface area (Å²) < 4.78 is 5.48. The van der Waals surface area contributed by atoms with Gasteiger partial charge in [-0.3, -0.25) is 4.99 Å². The molecule has 1 aromatic rings. The molecule has 0 bridgehead atoms. The molecule has 112 valence electrons. The van der Waals surface area contributed by atoms with Gasteiger partial charge in [0.15, 0.2) is 5.96 Å². The van der Waals surface area contributed by atoms with Crippen LogP contribution in [-0.2, 0) is 11.3 Å². The average molecular weight is 298 g/mol. The van der Waals surface area contributed by atoms with Crippen molar-refractivity contribution in [1.82, 2.24) is 10.6 Å². The highest BCUT2D eigenvalue weighted by molar-refractivity contribution is 6.30. The van der Waals surface area contributed by atoms with Crippen molar-refractivity contribution in [2.45, 2.75) is 32.9 Å². The van der Waals surface area contributed by atoms with Crippen LogP contribution < -0.4 is 10.6 Å². The third-order valence-electron chi connectivity index (χ3n) is 2.66. The molecule has 1 rings (SSSR count). The van der Waals surface area contributed by atoms with Gasteiger partial charge in [0.05, 0.1) is 6.10 Å². The normalized spacial score (nSPS) is 11.8. The van der Waals surface area contributed by atoms with Gasteiger partial charge in [-0.15, -0.1) is 0 Å². The summed E-state index contributed by atoms with van der Waals surface area (Å²) in [5.41, 5.74) is 1.17. The van der Waals surface area contributed by atoms with Crippen LogP contribution >= 0.6 is 11.6 Å². The minimum Gasteiger partial charge on any atom is -0.379 e. The Bertz CT molecular complexity index is 404. The number of nitrogens with zero attached hydrogens (tertiary/aromatic N) is 1. The highest BCUT2D eigenvalue weighted by atomic mass is 35.5.